The van der Waals surface area contributed by atoms with Crippen LogP contribution in [0.15, 0.2) is 6.20 Å². The van der Waals surface area contributed by atoms with Crippen molar-refractivity contribution in [3.63, 3.8) is 0 Å². The van der Waals surface area contributed by atoms with Gasteiger partial charge >= 0.3 is 5.97 Å². The zero-order valence-electron chi connectivity index (χ0n) is 10.6. The number of aryl methyl sites for hydroxylation is 1. The molecule has 1 aliphatic heterocycles. The molecule has 1 unspecified atom stereocenters. The molecule has 1 aliphatic rings. The van der Waals surface area contributed by atoms with Gasteiger partial charge in [-0.25, -0.2) is 21.6 Å². The molecule has 2 heterocycles. The van der Waals surface area contributed by atoms with E-state index in [0.29, 0.717) is 5.69 Å². The third-order valence-corrected chi connectivity index (χ3v) is 6.94. The number of hydrogen-bond acceptors (Lipinski definition) is 5. The van der Waals surface area contributed by atoms with Crippen LogP contribution in [-0.2, 0) is 19.9 Å². The Labute approximate surface area is 116 Å². The van der Waals surface area contributed by atoms with Gasteiger partial charge in [-0.2, -0.15) is 0 Å². The van der Waals surface area contributed by atoms with Gasteiger partial charge in [0.2, 0.25) is 10.0 Å². The lowest BCUT2D eigenvalue weighted by atomic mass is 10.2. The van der Waals surface area contributed by atoms with Gasteiger partial charge in [-0.15, -0.1) is 0 Å². The standard InChI is InChI=1S/C10H14N2O6S2/c1-6-9(10(13)14)8(4-11-6)12-20(17,18)7-2-3-19(15,16)5-7/h4,7,11-12H,2-3,5H2,1H3,(H,13,14). The van der Waals surface area contributed by atoms with Gasteiger partial charge in [0.1, 0.15) is 5.56 Å². The molecule has 1 fully saturated rings. The summed E-state index contributed by atoms with van der Waals surface area (Å²) in [5, 5.41) is 7.98. The van der Waals surface area contributed by atoms with E-state index in [1.54, 1.807) is 0 Å². The summed E-state index contributed by atoms with van der Waals surface area (Å²) in [5.74, 6) is -1.87. The number of H-pyrrole nitrogens is 1. The van der Waals surface area contributed by atoms with Gasteiger partial charge in [-0.05, 0) is 13.3 Å². The fraction of sp³-hybridized carbons (Fsp3) is 0.500. The largest absolute Gasteiger partial charge is 0.478 e. The van der Waals surface area contributed by atoms with Gasteiger partial charge in [-0.1, -0.05) is 0 Å². The Balaban J connectivity index is 2.28. The first-order valence-electron chi connectivity index (χ1n) is 5.76. The van der Waals surface area contributed by atoms with Crippen LogP contribution in [-0.4, -0.2) is 49.7 Å². The second-order valence-corrected chi connectivity index (χ2v) is 8.87. The molecule has 112 valence electrons. The van der Waals surface area contributed by atoms with Crippen molar-refractivity contribution in [3.05, 3.63) is 17.5 Å². The van der Waals surface area contributed by atoms with E-state index in [0.717, 1.165) is 0 Å². The summed E-state index contributed by atoms with van der Waals surface area (Å²) < 4.78 is 49.0. The minimum absolute atomic E-state index is 0.0173. The highest BCUT2D eigenvalue weighted by Gasteiger charge is 2.37. The van der Waals surface area contributed by atoms with E-state index < -0.39 is 36.8 Å². The van der Waals surface area contributed by atoms with Crippen molar-refractivity contribution < 1.29 is 26.7 Å². The molecule has 0 aromatic carbocycles. The molecule has 1 atom stereocenters. The molecule has 20 heavy (non-hydrogen) atoms. The number of carboxylic acids is 1. The third-order valence-electron chi connectivity index (χ3n) is 3.17. The van der Waals surface area contributed by atoms with E-state index >= 15 is 0 Å². The zero-order chi connectivity index (χ0) is 15.1. The number of aromatic amines is 1. The molecular formula is C10H14N2O6S2. The first-order chi connectivity index (χ1) is 9.12. The van der Waals surface area contributed by atoms with Gasteiger partial charge in [0.15, 0.2) is 9.84 Å². The molecule has 0 bridgehead atoms. The van der Waals surface area contributed by atoms with E-state index in [2.05, 4.69) is 9.71 Å². The first kappa shape index (κ1) is 14.9. The van der Waals surface area contributed by atoms with Crippen LogP contribution in [0, 0.1) is 6.92 Å². The molecule has 1 aromatic heterocycles. The lowest BCUT2D eigenvalue weighted by Gasteiger charge is -2.12. The van der Waals surface area contributed by atoms with Gasteiger partial charge in [0.25, 0.3) is 0 Å². The highest BCUT2D eigenvalue weighted by atomic mass is 32.2. The lowest BCUT2D eigenvalue weighted by molar-refractivity contribution is 0.0697. The monoisotopic (exact) mass is 322 g/mol. The van der Waals surface area contributed by atoms with Crippen molar-refractivity contribution >= 4 is 31.5 Å². The third kappa shape index (κ3) is 2.80. The van der Waals surface area contributed by atoms with Crippen LogP contribution < -0.4 is 4.72 Å². The molecule has 2 rings (SSSR count). The first-order valence-corrected chi connectivity index (χ1v) is 9.12. The minimum atomic E-state index is -3.94. The van der Waals surface area contributed by atoms with Crippen LogP contribution in [0.25, 0.3) is 0 Å². The summed E-state index contributed by atoms with van der Waals surface area (Å²) in [7, 11) is -7.27. The van der Waals surface area contributed by atoms with Crippen LogP contribution in [0.1, 0.15) is 22.5 Å². The van der Waals surface area contributed by atoms with Gasteiger partial charge in [0.05, 0.1) is 22.4 Å². The Morgan fingerprint density at radius 3 is 2.65 bits per heavy atom. The van der Waals surface area contributed by atoms with E-state index in [4.69, 9.17) is 5.11 Å². The van der Waals surface area contributed by atoms with Crippen molar-refractivity contribution in [2.24, 2.45) is 0 Å². The molecule has 0 aliphatic carbocycles. The van der Waals surface area contributed by atoms with Crippen LogP contribution in [0.2, 0.25) is 0 Å². The van der Waals surface area contributed by atoms with E-state index in [-0.39, 0.29) is 23.4 Å². The predicted molar refractivity (Wildman–Crippen MR) is 72.1 cm³/mol. The number of carboxylic acid groups (broad SMARTS) is 1. The lowest BCUT2D eigenvalue weighted by Crippen LogP contribution is -2.29. The minimum Gasteiger partial charge on any atom is -0.478 e. The summed E-state index contributed by atoms with van der Waals surface area (Å²) in [4.78, 5) is 13.7. The molecule has 10 heteroatoms. The molecule has 3 N–H and O–H groups in total. The summed E-state index contributed by atoms with van der Waals surface area (Å²) in [6, 6.07) is 0. The van der Waals surface area contributed by atoms with Gasteiger partial charge in [-0.3, -0.25) is 4.72 Å². The van der Waals surface area contributed by atoms with E-state index in [1.165, 1.54) is 13.1 Å². The SMILES string of the molecule is Cc1[nH]cc(NS(=O)(=O)C2CCS(=O)(=O)C2)c1C(=O)O. The summed E-state index contributed by atoms with van der Waals surface area (Å²) in [6.45, 7) is 1.50. The number of nitrogens with one attached hydrogen (secondary N) is 2. The average molecular weight is 322 g/mol. The number of sulfonamides is 1. The summed E-state index contributed by atoms with van der Waals surface area (Å²) >= 11 is 0. The number of hydrogen-bond donors (Lipinski definition) is 3. The van der Waals surface area contributed by atoms with Crippen molar-refractivity contribution in [2.45, 2.75) is 18.6 Å². The van der Waals surface area contributed by atoms with E-state index in [9.17, 15) is 21.6 Å². The van der Waals surface area contributed by atoms with Crippen LogP contribution in [0.5, 0.6) is 0 Å². The molecule has 1 saturated heterocycles. The normalized spacial score (nSPS) is 21.8. The fourth-order valence-electron chi connectivity index (χ4n) is 2.13. The van der Waals surface area contributed by atoms with E-state index in [1.807, 2.05) is 0 Å². The molecule has 0 spiro atoms. The molecular weight excluding hydrogens is 308 g/mol. The second-order valence-electron chi connectivity index (χ2n) is 4.68. The fourth-order valence-corrected chi connectivity index (χ4v) is 6.22. The maximum Gasteiger partial charge on any atom is 0.339 e. The maximum absolute atomic E-state index is 12.1. The van der Waals surface area contributed by atoms with Crippen molar-refractivity contribution in [1.82, 2.24) is 4.98 Å². The topological polar surface area (TPSA) is 133 Å². The Kier molecular flexibility index (Phi) is 3.54. The van der Waals surface area contributed by atoms with Crippen LogP contribution in [0.3, 0.4) is 0 Å². The molecule has 0 amide bonds. The number of anilines is 1. The van der Waals surface area contributed by atoms with Gasteiger partial charge < -0.3 is 10.1 Å². The predicted octanol–water partition coefficient (Wildman–Crippen LogP) is -0.0499. The second kappa shape index (κ2) is 4.77. The molecule has 0 saturated carbocycles. The number of carbonyl (C=O) groups is 1. The summed E-state index contributed by atoms with van der Waals surface area (Å²) in [6.07, 6.45) is 1.25. The zero-order valence-corrected chi connectivity index (χ0v) is 12.2. The Morgan fingerprint density at radius 2 is 2.15 bits per heavy atom. The number of rotatable bonds is 4. The smallest absolute Gasteiger partial charge is 0.339 e. The van der Waals surface area contributed by atoms with Crippen molar-refractivity contribution in [1.29, 1.82) is 0 Å². The maximum atomic E-state index is 12.1. The van der Waals surface area contributed by atoms with Crippen LogP contribution >= 0.6 is 0 Å². The highest BCUT2D eigenvalue weighted by molar-refractivity contribution is 7.97. The molecule has 8 nitrogen and oxygen atoms in total. The van der Waals surface area contributed by atoms with Crippen molar-refractivity contribution in [2.75, 3.05) is 16.2 Å². The highest BCUT2D eigenvalue weighted by Crippen LogP contribution is 2.25. The van der Waals surface area contributed by atoms with Gasteiger partial charge in [0, 0.05) is 11.9 Å². The Morgan fingerprint density at radius 1 is 1.50 bits per heavy atom. The number of sulfone groups is 1. The number of aromatic carboxylic acids is 1. The van der Waals surface area contributed by atoms with Crippen LogP contribution in [0.4, 0.5) is 5.69 Å². The molecule has 0 radical (unpaired) electrons. The average Bonchev–Trinajstić information content (AvgIpc) is 2.82. The Bertz CT molecular complexity index is 747. The Hall–Kier alpha value is -1.55. The quantitative estimate of drug-likeness (QED) is 0.711. The summed E-state index contributed by atoms with van der Waals surface area (Å²) in [5.41, 5.74) is 0.0583. The number of aromatic nitrogens is 1. The van der Waals surface area contributed by atoms with Crippen molar-refractivity contribution in [3.8, 4) is 0 Å². The molecule has 1 aromatic rings.